The quantitative estimate of drug-likeness (QED) is 0.631. The minimum atomic E-state index is 0.384. The Hall–Kier alpha value is -0.120. The van der Waals surface area contributed by atoms with Gasteiger partial charge >= 0.3 is 0 Å². The van der Waals surface area contributed by atoms with E-state index in [-0.39, 0.29) is 0 Å². The second-order valence-electron chi connectivity index (χ2n) is 4.16. The minimum absolute atomic E-state index is 0.384. The van der Waals surface area contributed by atoms with Crippen molar-refractivity contribution < 1.29 is 9.47 Å². The SMILES string of the molecule is CC(C)C1(CCOCCN)COC1. The molecular weight excluding hydrogens is 166 g/mol. The van der Waals surface area contributed by atoms with Gasteiger partial charge in [-0.1, -0.05) is 13.8 Å². The lowest BCUT2D eigenvalue weighted by atomic mass is 9.73. The highest BCUT2D eigenvalue weighted by molar-refractivity contribution is 4.88. The maximum absolute atomic E-state index is 5.38. The third kappa shape index (κ3) is 2.66. The molecule has 0 unspecified atom stereocenters. The topological polar surface area (TPSA) is 44.5 Å². The van der Waals surface area contributed by atoms with Crippen LogP contribution in [0.15, 0.2) is 0 Å². The molecule has 3 heteroatoms. The molecule has 1 saturated heterocycles. The largest absolute Gasteiger partial charge is 0.380 e. The first-order valence-electron chi connectivity index (χ1n) is 5.07. The van der Waals surface area contributed by atoms with E-state index in [2.05, 4.69) is 13.8 Å². The van der Waals surface area contributed by atoms with Crippen LogP contribution in [0.4, 0.5) is 0 Å². The summed E-state index contributed by atoms with van der Waals surface area (Å²) in [7, 11) is 0. The number of rotatable bonds is 6. The van der Waals surface area contributed by atoms with Crippen molar-refractivity contribution in [1.29, 1.82) is 0 Å². The average molecular weight is 187 g/mol. The van der Waals surface area contributed by atoms with Crippen LogP contribution < -0.4 is 5.73 Å². The molecule has 0 saturated carbocycles. The zero-order valence-corrected chi connectivity index (χ0v) is 8.71. The maximum Gasteiger partial charge on any atom is 0.0588 e. The van der Waals surface area contributed by atoms with Crippen LogP contribution >= 0.6 is 0 Å². The molecule has 13 heavy (non-hydrogen) atoms. The van der Waals surface area contributed by atoms with Gasteiger partial charge in [0.2, 0.25) is 0 Å². The first kappa shape index (κ1) is 11.0. The van der Waals surface area contributed by atoms with Crippen LogP contribution in [0, 0.1) is 11.3 Å². The van der Waals surface area contributed by atoms with E-state index in [1.54, 1.807) is 0 Å². The number of nitrogens with two attached hydrogens (primary N) is 1. The fourth-order valence-corrected chi connectivity index (χ4v) is 1.59. The third-order valence-electron chi connectivity index (χ3n) is 3.01. The Morgan fingerprint density at radius 3 is 2.46 bits per heavy atom. The molecule has 0 aliphatic carbocycles. The Morgan fingerprint density at radius 2 is 2.08 bits per heavy atom. The molecule has 1 rings (SSSR count). The van der Waals surface area contributed by atoms with E-state index in [0.717, 1.165) is 26.2 Å². The zero-order chi connectivity index (χ0) is 9.73. The van der Waals surface area contributed by atoms with Gasteiger partial charge in [-0.15, -0.1) is 0 Å². The van der Waals surface area contributed by atoms with Crippen LogP contribution in [-0.4, -0.2) is 33.0 Å². The Balaban J connectivity index is 2.17. The number of hydrogen-bond donors (Lipinski definition) is 1. The summed E-state index contributed by atoms with van der Waals surface area (Å²) in [6.07, 6.45) is 1.10. The van der Waals surface area contributed by atoms with Gasteiger partial charge in [-0.25, -0.2) is 0 Å². The summed E-state index contributed by atoms with van der Waals surface area (Å²) in [6, 6.07) is 0. The highest BCUT2D eigenvalue weighted by Crippen LogP contribution is 2.38. The van der Waals surface area contributed by atoms with E-state index >= 15 is 0 Å². The van der Waals surface area contributed by atoms with Crippen molar-refractivity contribution in [3.63, 3.8) is 0 Å². The predicted octanol–water partition coefficient (Wildman–Crippen LogP) is 1.02. The maximum atomic E-state index is 5.38. The van der Waals surface area contributed by atoms with E-state index < -0.39 is 0 Å². The molecule has 78 valence electrons. The average Bonchev–Trinajstić information content (AvgIpc) is 2.01. The summed E-state index contributed by atoms with van der Waals surface area (Å²) in [6.45, 7) is 8.42. The van der Waals surface area contributed by atoms with E-state index in [1.165, 1.54) is 0 Å². The van der Waals surface area contributed by atoms with Crippen LogP contribution in [0.2, 0.25) is 0 Å². The fraction of sp³-hybridized carbons (Fsp3) is 1.00. The van der Waals surface area contributed by atoms with E-state index in [4.69, 9.17) is 15.2 Å². The van der Waals surface area contributed by atoms with Crippen molar-refractivity contribution in [2.24, 2.45) is 17.1 Å². The van der Waals surface area contributed by atoms with Gasteiger partial charge < -0.3 is 15.2 Å². The number of hydrogen-bond acceptors (Lipinski definition) is 3. The van der Waals surface area contributed by atoms with Gasteiger partial charge in [0.1, 0.15) is 0 Å². The van der Waals surface area contributed by atoms with E-state index in [0.29, 0.717) is 24.5 Å². The van der Waals surface area contributed by atoms with Crippen LogP contribution in [0.1, 0.15) is 20.3 Å². The van der Waals surface area contributed by atoms with Gasteiger partial charge in [-0.2, -0.15) is 0 Å². The Labute approximate surface area is 80.6 Å². The Bertz CT molecular complexity index is 144. The summed E-state index contributed by atoms with van der Waals surface area (Å²) in [5, 5.41) is 0. The molecule has 2 N–H and O–H groups in total. The van der Waals surface area contributed by atoms with Gasteiger partial charge in [0, 0.05) is 18.6 Å². The Kier molecular flexibility index (Phi) is 4.16. The number of ether oxygens (including phenoxy) is 2. The van der Waals surface area contributed by atoms with Gasteiger partial charge in [-0.3, -0.25) is 0 Å². The lowest BCUT2D eigenvalue weighted by molar-refractivity contribution is -0.150. The molecule has 1 aliphatic heterocycles. The summed E-state index contributed by atoms with van der Waals surface area (Å²) in [5.41, 5.74) is 5.72. The van der Waals surface area contributed by atoms with Crippen molar-refractivity contribution >= 4 is 0 Å². The molecule has 0 radical (unpaired) electrons. The highest BCUT2D eigenvalue weighted by Gasteiger charge is 2.40. The van der Waals surface area contributed by atoms with Crippen molar-refractivity contribution in [2.75, 3.05) is 33.0 Å². The van der Waals surface area contributed by atoms with Crippen molar-refractivity contribution in [2.45, 2.75) is 20.3 Å². The molecular formula is C10H21NO2. The van der Waals surface area contributed by atoms with Crippen LogP contribution in [0.25, 0.3) is 0 Å². The molecule has 0 spiro atoms. The highest BCUT2D eigenvalue weighted by atomic mass is 16.5. The minimum Gasteiger partial charge on any atom is -0.380 e. The van der Waals surface area contributed by atoms with E-state index in [1.807, 2.05) is 0 Å². The molecule has 1 fully saturated rings. The summed E-state index contributed by atoms with van der Waals surface area (Å²) in [5.74, 6) is 0.683. The molecule has 0 aromatic heterocycles. The molecule has 0 bridgehead atoms. The second-order valence-corrected chi connectivity index (χ2v) is 4.16. The van der Waals surface area contributed by atoms with Gasteiger partial charge in [0.15, 0.2) is 0 Å². The second kappa shape index (κ2) is 4.94. The zero-order valence-electron chi connectivity index (χ0n) is 8.71. The first-order chi connectivity index (χ1) is 6.21. The molecule has 3 nitrogen and oxygen atoms in total. The van der Waals surface area contributed by atoms with Crippen LogP contribution in [0.3, 0.4) is 0 Å². The third-order valence-corrected chi connectivity index (χ3v) is 3.01. The fourth-order valence-electron chi connectivity index (χ4n) is 1.59. The van der Waals surface area contributed by atoms with Crippen molar-refractivity contribution in [3.05, 3.63) is 0 Å². The normalized spacial score (nSPS) is 20.3. The van der Waals surface area contributed by atoms with Crippen molar-refractivity contribution in [3.8, 4) is 0 Å². The molecule has 1 heterocycles. The lowest BCUT2D eigenvalue weighted by Gasteiger charge is -2.45. The summed E-state index contributed by atoms with van der Waals surface area (Å²) < 4.78 is 10.7. The van der Waals surface area contributed by atoms with Gasteiger partial charge in [0.05, 0.1) is 19.8 Å². The summed E-state index contributed by atoms with van der Waals surface area (Å²) >= 11 is 0. The van der Waals surface area contributed by atoms with Gasteiger partial charge in [0.25, 0.3) is 0 Å². The molecule has 1 aliphatic rings. The van der Waals surface area contributed by atoms with Gasteiger partial charge in [-0.05, 0) is 12.3 Å². The molecule has 0 amide bonds. The van der Waals surface area contributed by atoms with Crippen molar-refractivity contribution in [1.82, 2.24) is 0 Å². The lowest BCUT2D eigenvalue weighted by Crippen LogP contribution is -2.47. The smallest absolute Gasteiger partial charge is 0.0588 e. The van der Waals surface area contributed by atoms with Crippen LogP contribution in [0.5, 0.6) is 0 Å². The first-order valence-corrected chi connectivity index (χ1v) is 5.07. The summed E-state index contributed by atoms with van der Waals surface area (Å²) in [4.78, 5) is 0. The predicted molar refractivity (Wildman–Crippen MR) is 52.6 cm³/mol. The molecule has 0 atom stereocenters. The standard InChI is InChI=1S/C10H21NO2/c1-9(2)10(7-13-8-10)3-5-12-6-4-11/h9H,3-8,11H2,1-2H3. The molecule has 0 aromatic carbocycles. The monoisotopic (exact) mass is 187 g/mol. The van der Waals surface area contributed by atoms with Crippen LogP contribution in [-0.2, 0) is 9.47 Å². The Morgan fingerprint density at radius 1 is 1.38 bits per heavy atom. The van der Waals surface area contributed by atoms with E-state index in [9.17, 15) is 0 Å². The molecule has 0 aromatic rings.